The number of aromatic nitrogens is 2. The molecule has 6 nitrogen and oxygen atoms in total. The van der Waals surface area contributed by atoms with E-state index in [1.165, 1.54) is 0 Å². The second kappa shape index (κ2) is 5.79. The van der Waals surface area contributed by atoms with Gasteiger partial charge >= 0.3 is 0 Å². The van der Waals surface area contributed by atoms with Gasteiger partial charge in [-0.25, -0.2) is 0 Å². The summed E-state index contributed by atoms with van der Waals surface area (Å²) >= 11 is 0. The van der Waals surface area contributed by atoms with E-state index in [2.05, 4.69) is 10.4 Å². The number of amides is 1. The molecular formula is C11H18N4O2. The molecule has 17 heavy (non-hydrogen) atoms. The summed E-state index contributed by atoms with van der Waals surface area (Å²) in [6, 6.07) is 1.87. The Hall–Kier alpha value is -1.40. The number of carbonyl (C=O) groups excluding carboxylic acids is 1. The molecule has 0 bridgehead atoms. The molecule has 0 spiro atoms. The van der Waals surface area contributed by atoms with Crippen molar-refractivity contribution < 1.29 is 9.53 Å². The fraction of sp³-hybridized carbons (Fsp3) is 0.636. The fourth-order valence-corrected chi connectivity index (χ4v) is 1.77. The molecule has 2 heterocycles. The Balaban J connectivity index is 1.78. The summed E-state index contributed by atoms with van der Waals surface area (Å²) in [5.74, 6) is 0.0318. The van der Waals surface area contributed by atoms with E-state index in [1.807, 2.05) is 16.9 Å². The van der Waals surface area contributed by atoms with Crippen LogP contribution in [0.15, 0.2) is 18.5 Å². The molecule has 1 aromatic rings. The lowest BCUT2D eigenvalue weighted by Gasteiger charge is -2.27. The van der Waals surface area contributed by atoms with Crippen LogP contribution < -0.4 is 5.32 Å². The SMILES string of the molecule is CN(CCn1cccn1)C(=O)C1CNCCO1. The zero-order valence-electron chi connectivity index (χ0n) is 10.0. The lowest BCUT2D eigenvalue weighted by Crippen LogP contribution is -2.48. The number of carbonyl (C=O) groups is 1. The number of hydrogen-bond donors (Lipinski definition) is 1. The van der Waals surface area contributed by atoms with Crippen molar-refractivity contribution >= 4 is 5.91 Å². The van der Waals surface area contributed by atoms with Gasteiger partial charge in [0.15, 0.2) is 0 Å². The number of likely N-dealkylation sites (N-methyl/N-ethyl adjacent to an activating group) is 1. The summed E-state index contributed by atoms with van der Waals surface area (Å²) in [5.41, 5.74) is 0. The predicted octanol–water partition coefficient (Wildman–Crippen LogP) is -0.670. The molecule has 1 aliphatic heterocycles. The average molecular weight is 238 g/mol. The van der Waals surface area contributed by atoms with Crippen molar-refractivity contribution in [2.24, 2.45) is 0 Å². The number of nitrogens with one attached hydrogen (secondary N) is 1. The van der Waals surface area contributed by atoms with Gasteiger partial charge in [-0.05, 0) is 6.07 Å². The summed E-state index contributed by atoms with van der Waals surface area (Å²) in [5, 5.41) is 7.25. The molecule has 1 amide bonds. The summed E-state index contributed by atoms with van der Waals surface area (Å²) in [6.45, 7) is 3.37. The molecule has 1 atom stereocenters. The van der Waals surface area contributed by atoms with Crippen LogP contribution in [0.4, 0.5) is 0 Å². The van der Waals surface area contributed by atoms with Gasteiger partial charge in [-0.15, -0.1) is 0 Å². The molecule has 1 N–H and O–H groups in total. The van der Waals surface area contributed by atoms with Crippen LogP contribution in [0.3, 0.4) is 0 Å². The molecule has 1 fully saturated rings. The summed E-state index contributed by atoms with van der Waals surface area (Å²) in [4.78, 5) is 13.7. The van der Waals surface area contributed by atoms with E-state index in [9.17, 15) is 4.79 Å². The molecule has 1 unspecified atom stereocenters. The minimum Gasteiger partial charge on any atom is -0.366 e. The smallest absolute Gasteiger partial charge is 0.252 e. The molecule has 0 radical (unpaired) electrons. The van der Waals surface area contributed by atoms with Gasteiger partial charge in [-0.1, -0.05) is 0 Å². The Morgan fingerprint density at radius 2 is 2.59 bits per heavy atom. The molecule has 0 aliphatic carbocycles. The zero-order valence-corrected chi connectivity index (χ0v) is 10.0. The highest BCUT2D eigenvalue weighted by molar-refractivity contribution is 5.81. The summed E-state index contributed by atoms with van der Waals surface area (Å²) in [6.07, 6.45) is 3.28. The molecular weight excluding hydrogens is 220 g/mol. The van der Waals surface area contributed by atoms with Crippen molar-refractivity contribution in [2.75, 3.05) is 33.3 Å². The van der Waals surface area contributed by atoms with Gasteiger partial charge < -0.3 is 15.0 Å². The van der Waals surface area contributed by atoms with Crippen LogP contribution in [0.5, 0.6) is 0 Å². The normalized spacial score (nSPS) is 20.2. The number of rotatable bonds is 4. The first-order valence-electron chi connectivity index (χ1n) is 5.82. The minimum atomic E-state index is -0.341. The van der Waals surface area contributed by atoms with Gasteiger partial charge in [0.1, 0.15) is 6.10 Å². The van der Waals surface area contributed by atoms with Crippen molar-refractivity contribution in [1.29, 1.82) is 0 Å². The number of hydrogen-bond acceptors (Lipinski definition) is 4. The van der Waals surface area contributed by atoms with Crippen molar-refractivity contribution in [3.8, 4) is 0 Å². The van der Waals surface area contributed by atoms with Crippen molar-refractivity contribution in [3.63, 3.8) is 0 Å². The Morgan fingerprint density at radius 1 is 1.71 bits per heavy atom. The average Bonchev–Trinajstić information content (AvgIpc) is 2.89. The van der Waals surface area contributed by atoms with E-state index in [0.717, 1.165) is 6.54 Å². The quantitative estimate of drug-likeness (QED) is 0.756. The standard InChI is InChI=1S/C11H18N4O2/c1-14(6-7-15-5-2-3-13-15)11(16)10-9-12-4-8-17-10/h2-3,5,10,12H,4,6-9H2,1H3. The Kier molecular flexibility index (Phi) is 4.11. The maximum Gasteiger partial charge on any atom is 0.252 e. The topological polar surface area (TPSA) is 59.4 Å². The Morgan fingerprint density at radius 3 is 3.24 bits per heavy atom. The van der Waals surface area contributed by atoms with E-state index in [0.29, 0.717) is 26.2 Å². The van der Waals surface area contributed by atoms with Gasteiger partial charge in [0, 0.05) is 39.1 Å². The van der Waals surface area contributed by atoms with Crippen molar-refractivity contribution in [2.45, 2.75) is 12.6 Å². The van der Waals surface area contributed by atoms with E-state index < -0.39 is 0 Å². The van der Waals surface area contributed by atoms with E-state index in [4.69, 9.17) is 4.74 Å². The maximum atomic E-state index is 12.0. The van der Waals surface area contributed by atoms with Gasteiger partial charge in [-0.2, -0.15) is 5.10 Å². The second-order valence-corrected chi connectivity index (χ2v) is 4.09. The van der Waals surface area contributed by atoms with Gasteiger partial charge in [0.25, 0.3) is 5.91 Å². The Bertz CT molecular complexity index is 346. The largest absolute Gasteiger partial charge is 0.366 e. The summed E-state index contributed by atoms with van der Waals surface area (Å²) < 4.78 is 7.23. The van der Waals surface area contributed by atoms with Crippen LogP contribution in [0, 0.1) is 0 Å². The Labute approximate surface area is 101 Å². The van der Waals surface area contributed by atoms with E-state index >= 15 is 0 Å². The molecule has 1 aromatic heterocycles. The van der Waals surface area contributed by atoms with E-state index in [1.54, 1.807) is 18.1 Å². The maximum absolute atomic E-state index is 12.0. The lowest BCUT2D eigenvalue weighted by molar-refractivity contribution is -0.143. The molecule has 0 saturated carbocycles. The third-order valence-corrected chi connectivity index (χ3v) is 2.80. The van der Waals surface area contributed by atoms with Gasteiger partial charge in [0.2, 0.25) is 0 Å². The third-order valence-electron chi connectivity index (χ3n) is 2.80. The lowest BCUT2D eigenvalue weighted by atomic mass is 10.2. The highest BCUT2D eigenvalue weighted by Gasteiger charge is 2.24. The molecule has 1 saturated heterocycles. The highest BCUT2D eigenvalue weighted by Crippen LogP contribution is 2.01. The molecule has 2 rings (SSSR count). The van der Waals surface area contributed by atoms with Crippen LogP contribution in [-0.4, -0.2) is 60.0 Å². The number of morpholine rings is 1. The fourth-order valence-electron chi connectivity index (χ4n) is 1.77. The number of ether oxygens (including phenoxy) is 1. The molecule has 1 aliphatic rings. The first-order valence-corrected chi connectivity index (χ1v) is 5.82. The van der Waals surface area contributed by atoms with Crippen LogP contribution >= 0.6 is 0 Å². The van der Waals surface area contributed by atoms with Gasteiger partial charge in [-0.3, -0.25) is 9.48 Å². The molecule has 94 valence electrons. The third kappa shape index (κ3) is 3.28. The van der Waals surface area contributed by atoms with Crippen molar-refractivity contribution in [1.82, 2.24) is 20.0 Å². The predicted molar refractivity (Wildman–Crippen MR) is 62.5 cm³/mol. The number of nitrogens with zero attached hydrogens (tertiary/aromatic N) is 3. The van der Waals surface area contributed by atoms with Crippen LogP contribution in [-0.2, 0) is 16.1 Å². The van der Waals surface area contributed by atoms with Crippen molar-refractivity contribution in [3.05, 3.63) is 18.5 Å². The highest BCUT2D eigenvalue weighted by atomic mass is 16.5. The van der Waals surface area contributed by atoms with E-state index in [-0.39, 0.29) is 12.0 Å². The molecule has 6 heteroatoms. The zero-order chi connectivity index (χ0) is 12.1. The molecule has 0 aromatic carbocycles. The minimum absolute atomic E-state index is 0.0318. The monoisotopic (exact) mass is 238 g/mol. The second-order valence-electron chi connectivity index (χ2n) is 4.09. The van der Waals surface area contributed by atoms with Crippen LogP contribution in [0.25, 0.3) is 0 Å². The first-order chi connectivity index (χ1) is 8.27. The van der Waals surface area contributed by atoms with Crippen LogP contribution in [0.2, 0.25) is 0 Å². The first kappa shape index (κ1) is 12.1. The van der Waals surface area contributed by atoms with Crippen LogP contribution in [0.1, 0.15) is 0 Å². The van der Waals surface area contributed by atoms with Gasteiger partial charge in [0.05, 0.1) is 13.2 Å². The summed E-state index contributed by atoms with van der Waals surface area (Å²) in [7, 11) is 1.80.